The Morgan fingerprint density at radius 2 is 1.88 bits per heavy atom. The molecule has 1 N–H and O–H groups in total. The molecular weight excluding hydrogens is 301 g/mol. The van der Waals surface area contributed by atoms with E-state index in [1.165, 1.54) is 6.07 Å². The maximum atomic E-state index is 12.4. The lowest BCUT2D eigenvalue weighted by molar-refractivity contribution is -0.137. The van der Waals surface area contributed by atoms with Gasteiger partial charge in [0, 0.05) is 0 Å². The van der Waals surface area contributed by atoms with Crippen LogP contribution in [0.2, 0.25) is 0 Å². The van der Waals surface area contributed by atoms with Crippen LogP contribution in [0, 0.1) is 0 Å². The summed E-state index contributed by atoms with van der Waals surface area (Å²) in [6.07, 6.45) is -4.38. The number of ether oxygens (including phenoxy) is 1. The van der Waals surface area contributed by atoms with E-state index in [0.29, 0.717) is 0 Å². The molecule has 0 aromatic heterocycles. The van der Waals surface area contributed by atoms with Crippen LogP contribution in [0.3, 0.4) is 0 Å². The Morgan fingerprint density at radius 3 is 2.29 bits per heavy atom. The van der Waals surface area contributed by atoms with Crippen LogP contribution in [0.4, 0.5) is 13.2 Å². The number of hydrogen-bond acceptors (Lipinski definition) is 2. The zero-order chi connectivity index (χ0) is 13.3. The molecule has 0 unspecified atom stereocenters. The second-order valence-corrected chi connectivity index (χ2v) is 5.10. The number of aliphatic hydroxyl groups is 1. The van der Waals surface area contributed by atoms with Gasteiger partial charge in [0.15, 0.2) is 0 Å². The lowest BCUT2D eigenvalue weighted by Crippen LogP contribution is -2.28. The predicted octanol–water partition coefficient (Wildman–Crippen LogP) is 3.62. The third-order valence-corrected chi connectivity index (χ3v) is 2.46. The Bertz CT molecular complexity index is 397. The summed E-state index contributed by atoms with van der Waals surface area (Å²) < 4.78 is 42.5. The molecule has 17 heavy (non-hydrogen) atoms. The van der Waals surface area contributed by atoms with Crippen LogP contribution < -0.4 is 4.74 Å². The van der Waals surface area contributed by atoms with Crippen molar-refractivity contribution < 1.29 is 23.0 Å². The van der Waals surface area contributed by atoms with E-state index in [-0.39, 0.29) is 16.8 Å². The smallest absolute Gasteiger partial charge is 0.416 e. The van der Waals surface area contributed by atoms with Gasteiger partial charge < -0.3 is 9.84 Å². The highest BCUT2D eigenvalue weighted by Crippen LogP contribution is 2.35. The molecule has 0 radical (unpaired) electrons. The molecule has 1 aromatic carbocycles. The summed E-state index contributed by atoms with van der Waals surface area (Å²) in [5.74, 6) is 0.264. The molecule has 0 aliphatic heterocycles. The van der Waals surface area contributed by atoms with Crippen molar-refractivity contribution in [3.8, 4) is 5.75 Å². The van der Waals surface area contributed by atoms with Crippen molar-refractivity contribution in [1.29, 1.82) is 0 Å². The fraction of sp³-hybridized carbons (Fsp3) is 0.455. The van der Waals surface area contributed by atoms with Crippen molar-refractivity contribution in [2.45, 2.75) is 25.6 Å². The average Bonchev–Trinajstić information content (AvgIpc) is 2.12. The molecule has 0 amide bonds. The fourth-order valence-corrected chi connectivity index (χ4v) is 1.54. The zero-order valence-electron chi connectivity index (χ0n) is 9.31. The standard InChI is InChI=1S/C11H12BrF3O2/c1-10(2,16)6-17-9-4-3-7(5-8(9)12)11(13,14)15/h3-5,16H,6H2,1-2H3. The van der Waals surface area contributed by atoms with E-state index in [2.05, 4.69) is 15.9 Å². The molecule has 1 aromatic rings. The van der Waals surface area contributed by atoms with E-state index >= 15 is 0 Å². The minimum Gasteiger partial charge on any atom is -0.489 e. The highest BCUT2D eigenvalue weighted by molar-refractivity contribution is 9.10. The molecule has 0 fully saturated rings. The molecule has 0 saturated heterocycles. The van der Waals surface area contributed by atoms with Crippen LogP contribution in [-0.2, 0) is 6.18 Å². The topological polar surface area (TPSA) is 29.5 Å². The molecule has 0 aliphatic rings. The molecule has 1 rings (SSSR count). The number of halogens is 4. The average molecular weight is 313 g/mol. The van der Waals surface area contributed by atoms with Crippen LogP contribution in [0.25, 0.3) is 0 Å². The first-order chi connectivity index (χ1) is 7.59. The van der Waals surface area contributed by atoms with E-state index in [9.17, 15) is 18.3 Å². The van der Waals surface area contributed by atoms with Crippen molar-refractivity contribution >= 4 is 15.9 Å². The van der Waals surface area contributed by atoms with Crippen molar-refractivity contribution in [3.63, 3.8) is 0 Å². The monoisotopic (exact) mass is 312 g/mol. The summed E-state index contributed by atoms with van der Waals surface area (Å²) in [6.45, 7) is 3.09. The van der Waals surface area contributed by atoms with Crippen LogP contribution in [0.15, 0.2) is 22.7 Å². The van der Waals surface area contributed by atoms with Crippen LogP contribution >= 0.6 is 15.9 Å². The first-order valence-electron chi connectivity index (χ1n) is 4.81. The Balaban J connectivity index is 2.84. The number of hydrogen-bond donors (Lipinski definition) is 1. The van der Waals surface area contributed by atoms with Gasteiger partial charge in [-0.25, -0.2) is 0 Å². The largest absolute Gasteiger partial charge is 0.489 e. The Morgan fingerprint density at radius 1 is 1.29 bits per heavy atom. The summed E-state index contributed by atoms with van der Waals surface area (Å²) in [7, 11) is 0. The van der Waals surface area contributed by atoms with Gasteiger partial charge >= 0.3 is 6.18 Å². The normalized spacial score (nSPS) is 12.6. The molecule has 6 heteroatoms. The Labute approximate surface area is 106 Å². The summed E-state index contributed by atoms with van der Waals surface area (Å²) in [6, 6.07) is 3.10. The molecule has 0 heterocycles. The van der Waals surface area contributed by atoms with Gasteiger partial charge in [-0.3, -0.25) is 0 Å². The minimum absolute atomic E-state index is 0.00301. The molecule has 2 nitrogen and oxygen atoms in total. The molecular formula is C11H12BrF3O2. The van der Waals surface area contributed by atoms with Gasteiger partial charge in [-0.15, -0.1) is 0 Å². The zero-order valence-corrected chi connectivity index (χ0v) is 10.9. The Hall–Kier alpha value is -0.750. The van der Waals surface area contributed by atoms with Crippen molar-refractivity contribution in [1.82, 2.24) is 0 Å². The third-order valence-electron chi connectivity index (χ3n) is 1.84. The summed E-state index contributed by atoms with van der Waals surface area (Å²) >= 11 is 3.00. The first kappa shape index (κ1) is 14.3. The highest BCUT2D eigenvalue weighted by atomic mass is 79.9. The summed E-state index contributed by atoms with van der Waals surface area (Å²) in [5, 5.41) is 9.43. The summed E-state index contributed by atoms with van der Waals surface area (Å²) in [4.78, 5) is 0. The van der Waals surface area contributed by atoms with Gasteiger partial charge in [-0.05, 0) is 48.0 Å². The van der Waals surface area contributed by atoms with Gasteiger partial charge in [-0.1, -0.05) is 0 Å². The SMILES string of the molecule is CC(C)(O)COc1ccc(C(F)(F)F)cc1Br. The van der Waals surface area contributed by atoms with Gasteiger partial charge in [-0.2, -0.15) is 13.2 Å². The molecule has 96 valence electrons. The number of benzene rings is 1. The molecule has 0 aliphatic carbocycles. The van der Waals surface area contributed by atoms with Gasteiger partial charge in [0.1, 0.15) is 12.4 Å². The van der Waals surface area contributed by atoms with E-state index in [1.807, 2.05) is 0 Å². The van der Waals surface area contributed by atoms with Crippen LogP contribution in [0.5, 0.6) is 5.75 Å². The van der Waals surface area contributed by atoms with Gasteiger partial charge in [0.25, 0.3) is 0 Å². The van der Waals surface area contributed by atoms with Gasteiger partial charge in [0.2, 0.25) is 0 Å². The number of rotatable bonds is 3. The maximum Gasteiger partial charge on any atom is 0.416 e. The van der Waals surface area contributed by atoms with Crippen molar-refractivity contribution in [3.05, 3.63) is 28.2 Å². The molecule has 0 saturated carbocycles. The number of alkyl halides is 3. The minimum atomic E-state index is -4.38. The van der Waals surface area contributed by atoms with Crippen LogP contribution in [-0.4, -0.2) is 17.3 Å². The predicted molar refractivity (Wildman–Crippen MR) is 60.9 cm³/mol. The van der Waals surface area contributed by atoms with E-state index in [4.69, 9.17) is 4.74 Å². The third kappa shape index (κ3) is 4.55. The quantitative estimate of drug-likeness (QED) is 0.923. The molecule has 0 atom stereocenters. The Kier molecular flexibility index (Phi) is 4.09. The second kappa shape index (κ2) is 4.86. The van der Waals surface area contributed by atoms with Crippen molar-refractivity contribution in [2.24, 2.45) is 0 Å². The molecule has 0 bridgehead atoms. The maximum absolute atomic E-state index is 12.4. The summed E-state index contributed by atoms with van der Waals surface area (Å²) in [5.41, 5.74) is -1.79. The fourth-order valence-electron chi connectivity index (χ4n) is 1.05. The lowest BCUT2D eigenvalue weighted by Gasteiger charge is -2.19. The van der Waals surface area contributed by atoms with Crippen molar-refractivity contribution in [2.75, 3.05) is 6.61 Å². The second-order valence-electron chi connectivity index (χ2n) is 4.24. The highest BCUT2D eigenvalue weighted by Gasteiger charge is 2.31. The first-order valence-corrected chi connectivity index (χ1v) is 5.61. The van der Waals surface area contributed by atoms with E-state index in [0.717, 1.165) is 12.1 Å². The van der Waals surface area contributed by atoms with Crippen LogP contribution in [0.1, 0.15) is 19.4 Å². The molecule has 0 spiro atoms. The van der Waals surface area contributed by atoms with E-state index < -0.39 is 17.3 Å². The van der Waals surface area contributed by atoms with E-state index in [1.54, 1.807) is 13.8 Å². The van der Waals surface area contributed by atoms with Gasteiger partial charge in [0.05, 0.1) is 15.6 Å². The lowest BCUT2D eigenvalue weighted by atomic mass is 10.1.